The zero-order valence-electron chi connectivity index (χ0n) is 12.0. The minimum atomic E-state index is -0.0601. The van der Waals surface area contributed by atoms with Crippen LogP contribution >= 0.6 is 11.8 Å². The molecule has 0 radical (unpaired) electrons. The normalized spacial score (nSPS) is 16.4. The van der Waals surface area contributed by atoms with Crippen LogP contribution in [0.2, 0.25) is 0 Å². The van der Waals surface area contributed by atoms with Crippen molar-refractivity contribution in [3.63, 3.8) is 0 Å². The number of thioether (sulfide) groups is 1. The highest BCUT2D eigenvalue weighted by molar-refractivity contribution is 7.98. The summed E-state index contributed by atoms with van der Waals surface area (Å²) in [6, 6.07) is 8.28. The molecule has 0 N–H and O–H groups in total. The molecule has 3 nitrogen and oxygen atoms in total. The Kier molecular flexibility index (Phi) is 3.42. The first-order valence-electron chi connectivity index (χ1n) is 6.77. The Labute approximate surface area is 123 Å². The molecule has 20 heavy (non-hydrogen) atoms. The lowest BCUT2D eigenvalue weighted by atomic mass is 9.93. The Morgan fingerprint density at radius 3 is 2.90 bits per heavy atom. The van der Waals surface area contributed by atoms with Crippen molar-refractivity contribution in [1.29, 1.82) is 0 Å². The maximum atomic E-state index is 6.02. The number of aryl methyl sites for hydroxylation is 1. The molecular formula is C16H18N2OS. The average molecular weight is 286 g/mol. The van der Waals surface area contributed by atoms with E-state index < -0.39 is 0 Å². The van der Waals surface area contributed by atoms with Crippen molar-refractivity contribution in [3.05, 3.63) is 36.0 Å². The zero-order chi connectivity index (χ0) is 14.2. The largest absolute Gasteiger partial charge is 0.488 e. The van der Waals surface area contributed by atoms with Crippen LogP contribution in [-0.4, -0.2) is 21.8 Å². The van der Waals surface area contributed by atoms with Gasteiger partial charge in [-0.1, -0.05) is 11.8 Å². The lowest BCUT2D eigenvalue weighted by Crippen LogP contribution is -2.32. The van der Waals surface area contributed by atoms with E-state index in [1.54, 1.807) is 11.8 Å². The minimum absolute atomic E-state index is 0.0601. The van der Waals surface area contributed by atoms with Crippen LogP contribution in [0.5, 0.6) is 5.75 Å². The van der Waals surface area contributed by atoms with Crippen LogP contribution < -0.4 is 4.74 Å². The fraction of sp³-hybridized carbons (Fsp3) is 0.375. The molecule has 0 aliphatic carbocycles. The highest BCUT2D eigenvalue weighted by Crippen LogP contribution is 2.35. The van der Waals surface area contributed by atoms with Gasteiger partial charge in [0.1, 0.15) is 11.4 Å². The smallest absolute Gasteiger partial charge is 0.187 e. The molecule has 1 aliphatic rings. The van der Waals surface area contributed by atoms with Gasteiger partial charge in [0.15, 0.2) is 5.16 Å². The monoisotopic (exact) mass is 286 g/mol. The van der Waals surface area contributed by atoms with Gasteiger partial charge in [-0.3, -0.25) is 0 Å². The van der Waals surface area contributed by atoms with E-state index in [0.717, 1.165) is 35.0 Å². The maximum absolute atomic E-state index is 6.02. The van der Waals surface area contributed by atoms with Gasteiger partial charge in [-0.15, -0.1) is 0 Å². The van der Waals surface area contributed by atoms with E-state index in [0.29, 0.717) is 0 Å². The predicted molar refractivity (Wildman–Crippen MR) is 82.3 cm³/mol. The van der Waals surface area contributed by atoms with E-state index in [4.69, 9.17) is 4.74 Å². The van der Waals surface area contributed by atoms with Gasteiger partial charge < -0.3 is 4.74 Å². The van der Waals surface area contributed by atoms with Gasteiger partial charge in [0.2, 0.25) is 0 Å². The van der Waals surface area contributed by atoms with Crippen LogP contribution in [0.4, 0.5) is 0 Å². The third kappa shape index (κ3) is 2.66. The van der Waals surface area contributed by atoms with E-state index in [1.807, 2.05) is 18.5 Å². The molecule has 0 amide bonds. The van der Waals surface area contributed by atoms with Gasteiger partial charge >= 0.3 is 0 Å². The molecule has 0 unspecified atom stereocenters. The lowest BCUT2D eigenvalue weighted by Gasteiger charge is -2.32. The number of fused-ring (bicyclic) bond motifs is 1. The molecule has 2 aromatic rings. The van der Waals surface area contributed by atoms with E-state index in [-0.39, 0.29) is 5.60 Å². The summed E-state index contributed by atoms with van der Waals surface area (Å²) in [5, 5.41) is 0.803. The molecule has 2 heterocycles. The number of rotatable bonds is 2. The average Bonchev–Trinajstić information content (AvgIpc) is 2.46. The Bertz CT molecular complexity index is 640. The second kappa shape index (κ2) is 5.09. The Balaban J connectivity index is 1.96. The Morgan fingerprint density at radius 1 is 1.25 bits per heavy atom. The molecule has 0 spiro atoms. The molecule has 1 aromatic carbocycles. The van der Waals surface area contributed by atoms with Crippen LogP contribution in [0, 0.1) is 0 Å². The molecule has 3 rings (SSSR count). The molecule has 1 aliphatic heterocycles. The number of aromatic nitrogens is 2. The summed E-state index contributed by atoms with van der Waals surface area (Å²) in [4.78, 5) is 8.77. The number of hydrogen-bond acceptors (Lipinski definition) is 4. The maximum Gasteiger partial charge on any atom is 0.187 e. The zero-order valence-corrected chi connectivity index (χ0v) is 12.8. The third-order valence-corrected chi connectivity index (χ3v) is 4.12. The first kappa shape index (κ1) is 13.4. The molecule has 0 atom stereocenters. The summed E-state index contributed by atoms with van der Waals surface area (Å²) in [7, 11) is 0. The number of nitrogens with zero attached hydrogens (tertiary/aromatic N) is 2. The summed E-state index contributed by atoms with van der Waals surface area (Å²) in [6.07, 6.45) is 5.90. The predicted octanol–water partition coefficient (Wildman–Crippen LogP) is 3.97. The molecule has 1 aromatic heterocycles. The SMILES string of the molecule is CSc1nccc(-c2ccc3c(c2)CCC(C)(C)O3)n1. The second-order valence-electron chi connectivity index (χ2n) is 5.61. The van der Waals surface area contributed by atoms with Crippen molar-refractivity contribution in [1.82, 2.24) is 9.97 Å². The molecule has 0 bridgehead atoms. The molecule has 0 saturated carbocycles. The van der Waals surface area contributed by atoms with Crippen molar-refractivity contribution < 1.29 is 4.74 Å². The highest BCUT2D eigenvalue weighted by Gasteiger charge is 2.26. The summed E-state index contributed by atoms with van der Waals surface area (Å²) >= 11 is 1.56. The van der Waals surface area contributed by atoms with E-state index >= 15 is 0 Å². The molecule has 0 fully saturated rings. The van der Waals surface area contributed by atoms with Gasteiger partial charge in [0.05, 0.1) is 5.69 Å². The van der Waals surface area contributed by atoms with Crippen molar-refractivity contribution in [3.8, 4) is 17.0 Å². The summed E-state index contributed by atoms with van der Waals surface area (Å²) in [5.41, 5.74) is 3.31. The van der Waals surface area contributed by atoms with Crippen molar-refractivity contribution in [2.24, 2.45) is 0 Å². The third-order valence-electron chi connectivity index (χ3n) is 3.55. The van der Waals surface area contributed by atoms with Gasteiger partial charge in [-0.25, -0.2) is 9.97 Å². The Hall–Kier alpha value is -1.55. The quantitative estimate of drug-likeness (QED) is 0.618. The fourth-order valence-corrected chi connectivity index (χ4v) is 2.77. The molecule has 104 valence electrons. The second-order valence-corrected chi connectivity index (χ2v) is 6.39. The van der Waals surface area contributed by atoms with Gasteiger partial charge in [0, 0.05) is 11.8 Å². The van der Waals surface area contributed by atoms with Gasteiger partial charge in [-0.2, -0.15) is 0 Å². The first-order valence-corrected chi connectivity index (χ1v) is 7.99. The number of benzene rings is 1. The topological polar surface area (TPSA) is 35.0 Å². The van der Waals surface area contributed by atoms with E-state index in [9.17, 15) is 0 Å². The molecule has 0 saturated heterocycles. The number of hydrogen-bond donors (Lipinski definition) is 0. The Morgan fingerprint density at radius 2 is 2.10 bits per heavy atom. The van der Waals surface area contributed by atoms with E-state index in [2.05, 4.69) is 42.0 Å². The van der Waals surface area contributed by atoms with Crippen LogP contribution in [0.15, 0.2) is 35.6 Å². The molecular weight excluding hydrogens is 268 g/mol. The van der Waals surface area contributed by atoms with Crippen molar-refractivity contribution in [2.45, 2.75) is 37.4 Å². The number of ether oxygens (including phenoxy) is 1. The van der Waals surface area contributed by atoms with Crippen LogP contribution in [-0.2, 0) is 6.42 Å². The van der Waals surface area contributed by atoms with Crippen LogP contribution in [0.3, 0.4) is 0 Å². The summed E-state index contributed by atoms with van der Waals surface area (Å²) in [5.74, 6) is 1.00. The first-order chi connectivity index (χ1) is 9.57. The summed E-state index contributed by atoms with van der Waals surface area (Å²) < 4.78 is 6.02. The van der Waals surface area contributed by atoms with E-state index in [1.165, 1.54) is 5.56 Å². The highest BCUT2D eigenvalue weighted by atomic mass is 32.2. The minimum Gasteiger partial charge on any atom is -0.488 e. The van der Waals surface area contributed by atoms with Gasteiger partial charge in [-0.05, 0) is 62.8 Å². The van der Waals surface area contributed by atoms with Crippen molar-refractivity contribution in [2.75, 3.05) is 6.26 Å². The lowest BCUT2D eigenvalue weighted by molar-refractivity contribution is 0.0847. The van der Waals surface area contributed by atoms with Gasteiger partial charge in [0.25, 0.3) is 0 Å². The van der Waals surface area contributed by atoms with Crippen LogP contribution in [0.1, 0.15) is 25.8 Å². The fourth-order valence-electron chi connectivity index (χ4n) is 2.42. The van der Waals surface area contributed by atoms with Crippen molar-refractivity contribution >= 4 is 11.8 Å². The summed E-state index contributed by atoms with van der Waals surface area (Å²) in [6.45, 7) is 4.28. The standard InChI is InChI=1S/C16H18N2OS/c1-16(2)8-6-12-10-11(4-5-14(12)19-16)13-7-9-17-15(18-13)20-3/h4-5,7,9-10H,6,8H2,1-3H3. The van der Waals surface area contributed by atoms with Crippen LogP contribution in [0.25, 0.3) is 11.3 Å². The molecule has 4 heteroatoms.